The van der Waals surface area contributed by atoms with E-state index in [-0.39, 0.29) is 18.4 Å². The highest BCUT2D eigenvalue weighted by atomic mass is 16.5. The van der Waals surface area contributed by atoms with Crippen molar-refractivity contribution in [1.29, 1.82) is 0 Å². The standard InChI is InChI=1S/C23H24N2O4/c1-2-3-13-28-18-9-6-8-17(15-18)22(26)25-21-12-5-4-11-20(21)23(27)24-16-19-10-7-14-29-19/h4-12,14-15H,2-3,13,16H2,1H3,(H,24,27)(H,25,26). The minimum absolute atomic E-state index is 0.269. The quantitative estimate of drug-likeness (QED) is 0.520. The number of anilines is 1. The smallest absolute Gasteiger partial charge is 0.255 e. The lowest BCUT2D eigenvalue weighted by atomic mass is 10.1. The third-order valence-electron chi connectivity index (χ3n) is 4.29. The van der Waals surface area contributed by atoms with Crippen molar-refractivity contribution in [3.63, 3.8) is 0 Å². The highest BCUT2D eigenvalue weighted by Gasteiger charge is 2.14. The van der Waals surface area contributed by atoms with Gasteiger partial charge in [0.05, 0.1) is 30.7 Å². The molecule has 0 radical (unpaired) electrons. The predicted molar refractivity (Wildman–Crippen MR) is 111 cm³/mol. The average molecular weight is 392 g/mol. The van der Waals surface area contributed by atoms with Crippen LogP contribution in [0.1, 0.15) is 46.2 Å². The van der Waals surface area contributed by atoms with Crippen LogP contribution in [-0.2, 0) is 6.54 Å². The second kappa shape index (κ2) is 10.1. The molecule has 0 atom stereocenters. The van der Waals surface area contributed by atoms with Crippen LogP contribution in [0, 0.1) is 0 Å². The molecule has 0 spiro atoms. The topological polar surface area (TPSA) is 80.6 Å². The highest BCUT2D eigenvalue weighted by molar-refractivity contribution is 6.09. The van der Waals surface area contributed by atoms with Crippen LogP contribution < -0.4 is 15.4 Å². The molecule has 150 valence electrons. The second-order valence-electron chi connectivity index (χ2n) is 6.49. The Hall–Kier alpha value is -3.54. The Morgan fingerprint density at radius 3 is 2.66 bits per heavy atom. The zero-order valence-electron chi connectivity index (χ0n) is 16.3. The molecule has 0 aliphatic rings. The first-order chi connectivity index (χ1) is 14.2. The summed E-state index contributed by atoms with van der Waals surface area (Å²) in [4.78, 5) is 25.3. The first kappa shape index (κ1) is 20.2. The van der Waals surface area contributed by atoms with Gasteiger partial charge in [0.25, 0.3) is 11.8 Å². The minimum Gasteiger partial charge on any atom is -0.494 e. The first-order valence-electron chi connectivity index (χ1n) is 9.61. The summed E-state index contributed by atoms with van der Waals surface area (Å²) >= 11 is 0. The SMILES string of the molecule is CCCCOc1cccc(C(=O)Nc2ccccc2C(=O)NCc2ccco2)c1. The Balaban J connectivity index is 1.67. The fraction of sp³-hybridized carbons (Fsp3) is 0.217. The van der Waals surface area contributed by atoms with Gasteiger partial charge >= 0.3 is 0 Å². The fourth-order valence-corrected chi connectivity index (χ4v) is 2.72. The molecule has 3 aromatic rings. The molecule has 6 nitrogen and oxygen atoms in total. The molecular weight excluding hydrogens is 368 g/mol. The summed E-state index contributed by atoms with van der Waals surface area (Å²) < 4.78 is 10.9. The van der Waals surface area contributed by atoms with Crippen LogP contribution in [0.15, 0.2) is 71.3 Å². The van der Waals surface area contributed by atoms with Crippen molar-refractivity contribution in [2.24, 2.45) is 0 Å². The summed E-state index contributed by atoms with van der Waals surface area (Å²) in [7, 11) is 0. The summed E-state index contributed by atoms with van der Waals surface area (Å²) in [5.74, 6) is 0.696. The van der Waals surface area contributed by atoms with Gasteiger partial charge in [-0.05, 0) is 48.9 Å². The van der Waals surface area contributed by atoms with E-state index in [4.69, 9.17) is 9.15 Å². The first-order valence-corrected chi connectivity index (χ1v) is 9.61. The average Bonchev–Trinajstić information content (AvgIpc) is 3.26. The van der Waals surface area contributed by atoms with Crippen molar-refractivity contribution in [2.45, 2.75) is 26.3 Å². The third kappa shape index (κ3) is 5.72. The van der Waals surface area contributed by atoms with Gasteiger partial charge in [-0.15, -0.1) is 0 Å². The largest absolute Gasteiger partial charge is 0.494 e. The van der Waals surface area contributed by atoms with Crippen LogP contribution in [0.25, 0.3) is 0 Å². The van der Waals surface area contributed by atoms with Gasteiger partial charge in [0.1, 0.15) is 11.5 Å². The molecule has 0 aliphatic carbocycles. The van der Waals surface area contributed by atoms with Crippen molar-refractivity contribution >= 4 is 17.5 Å². The maximum Gasteiger partial charge on any atom is 0.255 e. The summed E-state index contributed by atoms with van der Waals surface area (Å²) in [6, 6.07) is 17.4. The van der Waals surface area contributed by atoms with Crippen molar-refractivity contribution in [3.05, 3.63) is 83.8 Å². The molecule has 0 saturated carbocycles. The number of nitrogens with one attached hydrogen (secondary N) is 2. The Bertz CT molecular complexity index is 951. The highest BCUT2D eigenvalue weighted by Crippen LogP contribution is 2.19. The summed E-state index contributed by atoms with van der Waals surface area (Å²) in [5, 5.41) is 5.61. The molecule has 0 unspecified atom stereocenters. The van der Waals surface area contributed by atoms with E-state index in [0.29, 0.717) is 34.9 Å². The van der Waals surface area contributed by atoms with Crippen LogP contribution in [-0.4, -0.2) is 18.4 Å². The molecule has 2 N–H and O–H groups in total. The van der Waals surface area contributed by atoms with Crippen molar-refractivity contribution in [3.8, 4) is 5.75 Å². The number of hydrogen-bond donors (Lipinski definition) is 2. The number of rotatable bonds is 9. The van der Waals surface area contributed by atoms with Gasteiger partial charge in [-0.25, -0.2) is 0 Å². The molecule has 6 heteroatoms. The van der Waals surface area contributed by atoms with E-state index >= 15 is 0 Å². The van der Waals surface area contributed by atoms with E-state index in [0.717, 1.165) is 12.8 Å². The fourth-order valence-electron chi connectivity index (χ4n) is 2.72. The van der Waals surface area contributed by atoms with Gasteiger partial charge in [0.15, 0.2) is 0 Å². The van der Waals surface area contributed by atoms with Crippen molar-refractivity contribution in [1.82, 2.24) is 5.32 Å². The Morgan fingerprint density at radius 1 is 1.00 bits per heavy atom. The zero-order valence-corrected chi connectivity index (χ0v) is 16.3. The molecule has 1 aromatic heterocycles. The van der Waals surface area contributed by atoms with Crippen LogP contribution in [0.2, 0.25) is 0 Å². The molecule has 0 aliphatic heterocycles. The van der Waals surface area contributed by atoms with Crippen molar-refractivity contribution < 1.29 is 18.7 Å². The van der Waals surface area contributed by atoms with Gasteiger partial charge in [-0.3, -0.25) is 9.59 Å². The van der Waals surface area contributed by atoms with Gasteiger partial charge in [-0.1, -0.05) is 31.5 Å². The van der Waals surface area contributed by atoms with E-state index in [1.54, 1.807) is 60.9 Å². The number of hydrogen-bond acceptors (Lipinski definition) is 4. The lowest BCUT2D eigenvalue weighted by molar-refractivity contribution is 0.0949. The second-order valence-corrected chi connectivity index (χ2v) is 6.49. The Labute approximate surface area is 169 Å². The Morgan fingerprint density at radius 2 is 1.86 bits per heavy atom. The maximum atomic E-state index is 12.7. The molecule has 0 bridgehead atoms. The molecule has 1 heterocycles. The van der Waals surface area contributed by atoms with Crippen LogP contribution in [0.4, 0.5) is 5.69 Å². The molecule has 0 fully saturated rings. The predicted octanol–water partition coefficient (Wildman–Crippen LogP) is 4.64. The number of amides is 2. The number of furan rings is 1. The van der Waals surface area contributed by atoms with Gasteiger partial charge < -0.3 is 19.8 Å². The van der Waals surface area contributed by atoms with Crippen LogP contribution >= 0.6 is 0 Å². The molecular formula is C23H24N2O4. The van der Waals surface area contributed by atoms with Crippen molar-refractivity contribution in [2.75, 3.05) is 11.9 Å². The maximum absolute atomic E-state index is 12.7. The number of benzene rings is 2. The van der Waals surface area contributed by atoms with Gasteiger partial charge in [0, 0.05) is 5.56 Å². The monoisotopic (exact) mass is 392 g/mol. The lowest BCUT2D eigenvalue weighted by Gasteiger charge is -2.12. The van der Waals surface area contributed by atoms with Gasteiger partial charge in [-0.2, -0.15) is 0 Å². The Kier molecular flexibility index (Phi) is 7.05. The van der Waals surface area contributed by atoms with Crippen LogP contribution in [0.5, 0.6) is 5.75 Å². The zero-order chi connectivity index (χ0) is 20.5. The molecule has 2 aromatic carbocycles. The van der Waals surface area contributed by atoms with E-state index in [1.807, 2.05) is 6.07 Å². The number of carbonyl (C=O) groups excluding carboxylic acids is 2. The molecule has 3 rings (SSSR count). The molecule has 2 amide bonds. The molecule has 29 heavy (non-hydrogen) atoms. The van der Waals surface area contributed by atoms with E-state index in [1.165, 1.54) is 0 Å². The minimum atomic E-state index is -0.308. The summed E-state index contributed by atoms with van der Waals surface area (Å²) in [6.07, 6.45) is 3.55. The molecule has 0 saturated heterocycles. The number of ether oxygens (including phenoxy) is 1. The third-order valence-corrected chi connectivity index (χ3v) is 4.29. The van der Waals surface area contributed by atoms with E-state index in [2.05, 4.69) is 17.6 Å². The number of unbranched alkanes of at least 4 members (excludes halogenated alkanes) is 1. The number of para-hydroxylation sites is 1. The number of carbonyl (C=O) groups is 2. The lowest BCUT2D eigenvalue weighted by Crippen LogP contribution is -2.24. The van der Waals surface area contributed by atoms with Crippen LogP contribution in [0.3, 0.4) is 0 Å². The summed E-state index contributed by atoms with van der Waals surface area (Å²) in [6.45, 7) is 2.97. The van der Waals surface area contributed by atoms with E-state index in [9.17, 15) is 9.59 Å². The summed E-state index contributed by atoms with van der Waals surface area (Å²) in [5.41, 5.74) is 1.28. The van der Waals surface area contributed by atoms with E-state index < -0.39 is 0 Å². The van der Waals surface area contributed by atoms with Gasteiger partial charge in [0.2, 0.25) is 0 Å². The normalized spacial score (nSPS) is 10.4.